The molecular weight excluding hydrogens is 330 g/mol. The Kier molecular flexibility index (Phi) is 6.75. The number of hydrogen-bond donors (Lipinski definition) is 1. The molecule has 26 heavy (non-hydrogen) atoms. The van der Waals surface area contributed by atoms with Crippen molar-refractivity contribution >= 4 is 11.7 Å². The maximum absolute atomic E-state index is 12.7. The van der Waals surface area contributed by atoms with E-state index in [0.717, 1.165) is 32.1 Å². The Balaban J connectivity index is 2.12. The van der Waals surface area contributed by atoms with Crippen LogP contribution in [0.25, 0.3) is 0 Å². The maximum Gasteiger partial charge on any atom is 0.344 e. The molecule has 1 saturated carbocycles. The fourth-order valence-electron chi connectivity index (χ4n) is 4.23. The quantitative estimate of drug-likeness (QED) is 0.394. The fourth-order valence-corrected chi connectivity index (χ4v) is 4.23. The summed E-state index contributed by atoms with van der Waals surface area (Å²) < 4.78 is 5.89. The molecule has 0 saturated heterocycles. The third-order valence-corrected chi connectivity index (χ3v) is 5.29. The van der Waals surface area contributed by atoms with Crippen LogP contribution in [0.2, 0.25) is 0 Å². The van der Waals surface area contributed by atoms with Crippen molar-refractivity contribution in [3.05, 3.63) is 11.3 Å². The highest BCUT2D eigenvalue weighted by molar-refractivity contribution is 6.20. The lowest BCUT2D eigenvalue weighted by atomic mass is 9.71. The highest BCUT2D eigenvalue weighted by atomic mass is 16.6. The van der Waals surface area contributed by atoms with Gasteiger partial charge in [0.1, 0.15) is 23.5 Å². The van der Waals surface area contributed by atoms with Gasteiger partial charge in [0.25, 0.3) is 0 Å². The molecule has 1 aliphatic heterocycles. The Morgan fingerprint density at radius 3 is 2.46 bits per heavy atom. The first-order chi connectivity index (χ1) is 12.2. The van der Waals surface area contributed by atoms with Crippen LogP contribution >= 0.6 is 0 Å². The number of carbonyl (C=O) groups excluding carboxylic acids is 1. The Morgan fingerprint density at radius 2 is 1.96 bits per heavy atom. The molecule has 0 aromatic rings. The van der Waals surface area contributed by atoms with Crippen LogP contribution in [0.4, 0.5) is 0 Å². The molecule has 1 spiro atoms. The number of aliphatic hydroxyl groups is 1. The van der Waals surface area contributed by atoms with Crippen molar-refractivity contribution in [3.63, 3.8) is 0 Å². The van der Waals surface area contributed by atoms with Crippen LogP contribution in [-0.4, -0.2) is 29.0 Å². The Bertz CT molecular complexity index is 563. The molecule has 1 aliphatic carbocycles. The van der Waals surface area contributed by atoms with Gasteiger partial charge in [0.05, 0.1) is 5.71 Å². The van der Waals surface area contributed by atoms with Crippen molar-refractivity contribution in [2.75, 3.05) is 6.61 Å². The smallest absolute Gasteiger partial charge is 0.344 e. The Morgan fingerprint density at radius 1 is 1.31 bits per heavy atom. The van der Waals surface area contributed by atoms with Crippen molar-refractivity contribution in [3.8, 4) is 0 Å². The second kappa shape index (κ2) is 8.45. The number of carbonyl (C=O) groups is 1. The van der Waals surface area contributed by atoms with Gasteiger partial charge in [0.2, 0.25) is 0 Å². The molecule has 1 fully saturated rings. The van der Waals surface area contributed by atoms with Gasteiger partial charge in [-0.15, -0.1) is 0 Å². The summed E-state index contributed by atoms with van der Waals surface area (Å²) in [7, 11) is 0. The van der Waals surface area contributed by atoms with Gasteiger partial charge >= 0.3 is 5.97 Å². The molecule has 1 heterocycles. The topological polar surface area (TPSA) is 68.1 Å². The standard InChI is InChI=1S/C21H35NO4/c1-6-8-16(22-25-7-2)18-17(23)14-21(26-19(18)24)11-9-15(10-12-21)13-20(3,4)5/h15,23H,6-14H2,1-5H3/b22-16+. The summed E-state index contributed by atoms with van der Waals surface area (Å²) in [6, 6.07) is 0. The maximum atomic E-state index is 12.7. The third-order valence-electron chi connectivity index (χ3n) is 5.29. The van der Waals surface area contributed by atoms with Crippen molar-refractivity contribution in [2.24, 2.45) is 16.5 Å². The largest absolute Gasteiger partial charge is 0.511 e. The summed E-state index contributed by atoms with van der Waals surface area (Å²) >= 11 is 0. The summed E-state index contributed by atoms with van der Waals surface area (Å²) in [6.45, 7) is 11.1. The molecule has 5 nitrogen and oxygen atoms in total. The third kappa shape index (κ3) is 5.24. The molecule has 5 heteroatoms. The second-order valence-corrected chi connectivity index (χ2v) is 8.98. The van der Waals surface area contributed by atoms with Crippen LogP contribution in [0.1, 0.15) is 86.0 Å². The normalized spacial score (nSPS) is 27.7. The highest BCUT2D eigenvalue weighted by Gasteiger charge is 2.45. The number of nitrogens with zero attached hydrogens (tertiary/aromatic N) is 1. The molecule has 0 amide bonds. The SMILES string of the molecule is CCC/C(=N\OCC)C1=C(O)CC2(CCC(CC(C)(C)C)CC2)OC1=O. The first-order valence-electron chi connectivity index (χ1n) is 10.0. The molecule has 2 rings (SSSR count). The number of aliphatic hydroxyl groups excluding tert-OH is 1. The summed E-state index contributed by atoms with van der Waals surface area (Å²) in [5.74, 6) is 0.333. The molecule has 148 valence electrons. The molecule has 0 bridgehead atoms. The van der Waals surface area contributed by atoms with E-state index in [2.05, 4.69) is 25.9 Å². The first-order valence-corrected chi connectivity index (χ1v) is 10.0. The van der Waals surface area contributed by atoms with Gasteiger partial charge in [-0.1, -0.05) is 39.3 Å². The Labute approximate surface area is 157 Å². The van der Waals surface area contributed by atoms with Gasteiger partial charge < -0.3 is 14.7 Å². The number of oxime groups is 1. The summed E-state index contributed by atoms with van der Waals surface area (Å²) in [5.41, 5.74) is 0.483. The van der Waals surface area contributed by atoms with Gasteiger partial charge in [-0.05, 0) is 56.8 Å². The zero-order valence-corrected chi connectivity index (χ0v) is 17.1. The van der Waals surface area contributed by atoms with Crippen molar-refractivity contribution < 1.29 is 19.5 Å². The monoisotopic (exact) mass is 365 g/mol. The lowest BCUT2D eigenvalue weighted by Gasteiger charge is -2.43. The minimum atomic E-state index is -0.540. The average Bonchev–Trinajstić information content (AvgIpc) is 2.53. The van der Waals surface area contributed by atoms with E-state index in [-0.39, 0.29) is 11.3 Å². The summed E-state index contributed by atoms with van der Waals surface area (Å²) in [6.07, 6.45) is 6.71. The van der Waals surface area contributed by atoms with Gasteiger partial charge in [-0.25, -0.2) is 4.79 Å². The van der Waals surface area contributed by atoms with E-state index in [1.165, 1.54) is 6.42 Å². The van der Waals surface area contributed by atoms with Crippen molar-refractivity contribution in [2.45, 2.75) is 91.6 Å². The van der Waals surface area contributed by atoms with Gasteiger partial charge in [-0.2, -0.15) is 0 Å². The van der Waals surface area contributed by atoms with Crippen LogP contribution < -0.4 is 0 Å². The molecule has 0 aromatic carbocycles. The Hall–Kier alpha value is -1.52. The van der Waals surface area contributed by atoms with E-state index in [0.29, 0.717) is 36.5 Å². The van der Waals surface area contributed by atoms with E-state index >= 15 is 0 Å². The molecule has 0 radical (unpaired) electrons. The number of ether oxygens (including phenoxy) is 1. The van der Waals surface area contributed by atoms with Crippen molar-refractivity contribution in [1.82, 2.24) is 0 Å². The van der Waals surface area contributed by atoms with E-state index in [9.17, 15) is 9.90 Å². The molecule has 1 N–H and O–H groups in total. The number of rotatable bonds is 6. The predicted octanol–water partition coefficient (Wildman–Crippen LogP) is 5.30. The minimum absolute atomic E-state index is 0.113. The average molecular weight is 366 g/mol. The molecule has 2 aliphatic rings. The van der Waals surface area contributed by atoms with Crippen LogP contribution in [-0.2, 0) is 14.4 Å². The molecule has 0 unspecified atom stereocenters. The van der Waals surface area contributed by atoms with Gasteiger partial charge in [0, 0.05) is 6.42 Å². The van der Waals surface area contributed by atoms with E-state index in [4.69, 9.17) is 9.57 Å². The zero-order chi connectivity index (χ0) is 19.4. The molecule has 0 atom stereocenters. The summed E-state index contributed by atoms with van der Waals surface area (Å²) in [4.78, 5) is 17.8. The highest BCUT2D eigenvalue weighted by Crippen LogP contribution is 2.45. The van der Waals surface area contributed by atoms with Crippen LogP contribution in [0, 0.1) is 11.3 Å². The van der Waals surface area contributed by atoms with E-state index < -0.39 is 11.6 Å². The van der Waals surface area contributed by atoms with Crippen LogP contribution in [0.5, 0.6) is 0 Å². The first kappa shape index (κ1) is 20.8. The lowest BCUT2D eigenvalue weighted by molar-refractivity contribution is -0.163. The minimum Gasteiger partial charge on any atom is -0.511 e. The van der Waals surface area contributed by atoms with Crippen LogP contribution in [0.3, 0.4) is 0 Å². The van der Waals surface area contributed by atoms with Gasteiger partial charge in [0.15, 0.2) is 0 Å². The van der Waals surface area contributed by atoms with Crippen LogP contribution in [0.15, 0.2) is 16.5 Å². The zero-order valence-electron chi connectivity index (χ0n) is 17.1. The van der Waals surface area contributed by atoms with E-state index in [1.54, 1.807) is 0 Å². The number of esters is 1. The van der Waals surface area contributed by atoms with Gasteiger partial charge in [-0.3, -0.25) is 0 Å². The van der Waals surface area contributed by atoms with Crippen molar-refractivity contribution in [1.29, 1.82) is 0 Å². The fraction of sp³-hybridized carbons (Fsp3) is 0.810. The second-order valence-electron chi connectivity index (χ2n) is 8.98. The lowest BCUT2D eigenvalue weighted by Crippen LogP contribution is -2.44. The number of hydrogen-bond acceptors (Lipinski definition) is 5. The summed E-state index contributed by atoms with van der Waals surface area (Å²) in [5, 5.41) is 14.7. The predicted molar refractivity (Wildman–Crippen MR) is 103 cm³/mol. The molecule has 0 aromatic heterocycles. The molecular formula is C21H35NO4. The van der Waals surface area contributed by atoms with E-state index in [1.807, 2.05) is 13.8 Å².